The first-order valence-electron chi connectivity index (χ1n) is 5.78. The predicted molar refractivity (Wildman–Crippen MR) is 71.2 cm³/mol. The minimum atomic E-state index is 0.680. The van der Waals surface area contributed by atoms with Gasteiger partial charge in [0.1, 0.15) is 5.82 Å². The lowest BCUT2D eigenvalue weighted by Crippen LogP contribution is -2.20. The van der Waals surface area contributed by atoms with Crippen molar-refractivity contribution in [2.45, 2.75) is 6.92 Å². The first-order valence-corrected chi connectivity index (χ1v) is 5.78. The van der Waals surface area contributed by atoms with Gasteiger partial charge in [-0.05, 0) is 32.6 Å². The van der Waals surface area contributed by atoms with Gasteiger partial charge in [0.25, 0.3) is 0 Å². The Morgan fingerprint density at radius 3 is 2.82 bits per heavy atom. The maximum Gasteiger partial charge on any atom is 0.129 e. The van der Waals surface area contributed by atoms with Crippen molar-refractivity contribution >= 4 is 11.5 Å². The summed E-state index contributed by atoms with van der Waals surface area (Å²) in [5.74, 6) is 0.871. The molecule has 0 spiro atoms. The molecule has 0 aliphatic carbocycles. The van der Waals surface area contributed by atoms with E-state index in [1.165, 1.54) is 0 Å². The number of ether oxygens (including phenoxy) is 1. The maximum atomic E-state index is 5.63. The van der Waals surface area contributed by atoms with Crippen molar-refractivity contribution in [3.8, 4) is 0 Å². The van der Waals surface area contributed by atoms with Crippen LogP contribution >= 0.6 is 0 Å². The normalized spacial score (nSPS) is 10.8. The van der Waals surface area contributed by atoms with Crippen LogP contribution in [0.15, 0.2) is 12.3 Å². The fourth-order valence-corrected chi connectivity index (χ4v) is 1.37. The fraction of sp³-hybridized carbons (Fsp3) is 0.583. The lowest BCUT2D eigenvalue weighted by atomic mass is 10.2. The van der Waals surface area contributed by atoms with Crippen molar-refractivity contribution in [3.63, 3.8) is 0 Å². The zero-order valence-electron chi connectivity index (χ0n) is 10.9. The minimum absolute atomic E-state index is 0.680. The molecule has 1 rings (SSSR count). The number of aromatic nitrogens is 1. The third-order valence-corrected chi connectivity index (χ3v) is 2.32. The van der Waals surface area contributed by atoms with E-state index < -0.39 is 0 Å². The summed E-state index contributed by atoms with van der Waals surface area (Å²) < 4.78 is 5.47. The van der Waals surface area contributed by atoms with Gasteiger partial charge in [0.15, 0.2) is 0 Å². The second kappa shape index (κ2) is 7.09. The number of pyridine rings is 1. The Morgan fingerprint density at radius 1 is 1.41 bits per heavy atom. The molecule has 1 aromatic heterocycles. The Hall–Kier alpha value is -1.33. The van der Waals surface area contributed by atoms with E-state index in [9.17, 15) is 0 Å². The highest BCUT2D eigenvalue weighted by Gasteiger charge is 1.99. The third kappa shape index (κ3) is 5.51. The molecular formula is C12H22N4O. The molecule has 0 fully saturated rings. The summed E-state index contributed by atoms with van der Waals surface area (Å²) >= 11 is 0. The molecule has 5 nitrogen and oxygen atoms in total. The molecule has 0 radical (unpaired) electrons. The average molecular weight is 238 g/mol. The van der Waals surface area contributed by atoms with Gasteiger partial charge in [-0.25, -0.2) is 4.98 Å². The van der Waals surface area contributed by atoms with E-state index in [0.29, 0.717) is 12.3 Å². The highest BCUT2D eigenvalue weighted by Crippen LogP contribution is 2.13. The quantitative estimate of drug-likeness (QED) is 0.693. The second-order valence-corrected chi connectivity index (χ2v) is 4.28. The Labute approximate surface area is 103 Å². The maximum absolute atomic E-state index is 5.63. The van der Waals surface area contributed by atoms with Crippen molar-refractivity contribution in [1.82, 2.24) is 9.88 Å². The highest BCUT2D eigenvalue weighted by atomic mass is 16.5. The Bertz CT molecular complexity index is 341. The van der Waals surface area contributed by atoms with Crippen LogP contribution in [0.2, 0.25) is 0 Å². The van der Waals surface area contributed by atoms with Crippen LogP contribution < -0.4 is 11.1 Å². The summed E-state index contributed by atoms with van der Waals surface area (Å²) in [6.45, 7) is 5.12. The van der Waals surface area contributed by atoms with Crippen LogP contribution in [0.25, 0.3) is 0 Å². The van der Waals surface area contributed by atoms with E-state index in [1.807, 2.05) is 27.1 Å². The Balaban J connectivity index is 2.18. The largest absolute Gasteiger partial charge is 0.397 e. The zero-order valence-corrected chi connectivity index (χ0v) is 10.9. The number of hydrogen-bond donors (Lipinski definition) is 2. The number of nitrogens with one attached hydrogen (secondary N) is 1. The van der Waals surface area contributed by atoms with Gasteiger partial charge in [-0.15, -0.1) is 0 Å². The molecule has 17 heavy (non-hydrogen) atoms. The van der Waals surface area contributed by atoms with Gasteiger partial charge in [-0.1, -0.05) is 0 Å². The van der Waals surface area contributed by atoms with Crippen molar-refractivity contribution in [2.75, 3.05) is 51.4 Å². The third-order valence-electron chi connectivity index (χ3n) is 2.32. The van der Waals surface area contributed by atoms with Gasteiger partial charge in [0.2, 0.25) is 0 Å². The van der Waals surface area contributed by atoms with E-state index in [-0.39, 0.29) is 0 Å². The number of anilines is 2. The highest BCUT2D eigenvalue weighted by molar-refractivity contribution is 5.50. The van der Waals surface area contributed by atoms with Crippen molar-refractivity contribution in [2.24, 2.45) is 0 Å². The molecule has 0 amide bonds. The van der Waals surface area contributed by atoms with E-state index >= 15 is 0 Å². The number of aryl methyl sites for hydroxylation is 1. The SMILES string of the molecule is Cc1cc(N)cnc1NCCOCCN(C)C. The van der Waals surface area contributed by atoms with E-state index in [0.717, 1.165) is 31.1 Å². The minimum Gasteiger partial charge on any atom is -0.397 e. The van der Waals surface area contributed by atoms with Crippen LogP contribution in [-0.2, 0) is 4.74 Å². The van der Waals surface area contributed by atoms with E-state index in [2.05, 4.69) is 15.2 Å². The summed E-state index contributed by atoms with van der Waals surface area (Å²) in [7, 11) is 4.06. The predicted octanol–water partition coefficient (Wildman–Crippen LogP) is 0.962. The number of nitrogen functional groups attached to an aromatic ring is 1. The molecule has 96 valence electrons. The van der Waals surface area contributed by atoms with E-state index in [4.69, 9.17) is 10.5 Å². The van der Waals surface area contributed by atoms with Gasteiger partial charge < -0.3 is 20.7 Å². The molecule has 0 unspecified atom stereocenters. The van der Waals surface area contributed by atoms with E-state index in [1.54, 1.807) is 6.20 Å². The number of hydrogen-bond acceptors (Lipinski definition) is 5. The van der Waals surface area contributed by atoms with Crippen molar-refractivity contribution < 1.29 is 4.74 Å². The first kappa shape index (κ1) is 13.7. The Morgan fingerprint density at radius 2 is 2.18 bits per heavy atom. The van der Waals surface area contributed by atoms with Crippen molar-refractivity contribution in [1.29, 1.82) is 0 Å². The van der Waals surface area contributed by atoms with Crippen LogP contribution in [0.4, 0.5) is 11.5 Å². The van der Waals surface area contributed by atoms with Gasteiger partial charge >= 0.3 is 0 Å². The topological polar surface area (TPSA) is 63.4 Å². The molecule has 0 saturated carbocycles. The van der Waals surface area contributed by atoms with Crippen LogP contribution in [-0.4, -0.2) is 50.3 Å². The average Bonchev–Trinajstić information content (AvgIpc) is 2.25. The number of nitrogens with two attached hydrogens (primary N) is 1. The molecule has 1 heterocycles. The monoisotopic (exact) mass is 238 g/mol. The molecule has 0 saturated heterocycles. The van der Waals surface area contributed by atoms with Gasteiger partial charge in [-0.2, -0.15) is 0 Å². The Kier molecular flexibility index (Phi) is 5.72. The molecule has 0 aliphatic rings. The zero-order chi connectivity index (χ0) is 12.7. The number of rotatable bonds is 7. The summed E-state index contributed by atoms with van der Waals surface area (Å²) in [6.07, 6.45) is 1.65. The van der Waals surface area contributed by atoms with Gasteiger partial charge in [0, 0.05) is 13.1 Å². The molecular weight excluding hydrogens is 216 g/mol. The first-order chi connectivity index (χ1) is 8.09. The van der Waals surface area contributed by atoms with Crippen LogP contribution in [0, 0.1) is 6.92 Å². The smallest absolute Gasteiger partial charge is 0.129 e. The molecule has 0 aliphatic heterocycles. The molecule has 3 N–H and O–H groups in total. The fourth-order valence-electron chi connectivity index (χ4n) is 1.37. The lowest BCUT2D eigenvalue weighted by molar-refractivity contribution is 0.126. The van der Waals surface area contributed by atoms with Gasteiger partial charge in [-0.3, -0.25) is 0 Å². The van der Waals surface area contributed by atoms with Crippen LogP contribution in [0.1, 0.15) is 5.56 Å². The summed E-state index contributed by atoms with van der Waals surface area (Å²) in [6, 6.07) is 1.90. The standard InChI is InChI=1S/C12H22N4O/c1-10-8-11(13)9-15-12(10)14-4-6-17-7-5-16(2)3/h8-9H,4-7,13H2,1-3H3,(H,14,15). The van der Waals surface area contributed by atoms with Crippen molar-refractivity contribution in [3.05, 3.63) is 17.8 Å². The number of likely N-dealkylation sites (N-methyl/N-ethyl adjacent to an activating group) is 1. The second-order valence-electron chi connectivity index (χ2n) is 4.28. The van der Waals surface area contributed by atoms with Gasteiger partial charge in [0.05, 0.1) is 25.1 Å². The molecule has 5 heteroatoms. The summed E-state index contributed by atoms with van der Waals surface area (Å²) in [4.78, 5) is 6.32. The van der Waals surface area contributed by atoms with Crippen LogP contribution in [0.5, 0.6) is 0 Å². The summed E-state index contributed by atoms with van der Waals surface area (Å²) in [5, 5.41) is 3.22. The molecule has 0 bridgehead atoms. The number of nitrogens with zero attached hydrogens (tertiary/aromatic N) is 2. The van der Waals surface area contributed by atoms with Crippen LogP contribution in [0.3, 0.4) is 0 Å². The lowest BCUT2D eigenvalue weighted by Gasteiger charge is -2.11. The molecule has 1 aromatic rings. The summed E-state index contributed by atoms with van der Waals surface area (Å²) in [5.41, 5.74) is 7.37. The molecule has 0 atom stereocenters. The molecule has 0 aromatic carbocycles.